The van der Waals surface area contributed by atoms with Crippen LogP contribution in [0.25, 0.3) is 0 Å². The van der Waals surface area contributed by atoms with Crippen molar-refractivity contribution in [1.29, 1.82) is 0 Å². The van der Waals surface area contributed by atoms with Gasteiger partial charge in [-0.15, -0.1) is 0 Å². The molecule has 1 aliphatic heterocycles. The van der Waals surface area contributed by atoms with Gasteiger partial charge in [0, 0.05) is 6.54 Å². The minimum atomic E-state index is -0.825. The third-order valence-electron chi connectivity index (χ3n) is 6.77. The fourth-order valence-electron chi connectivity index (χ4n) is 4.53. The van der Waals surface area contributed by atoms with E-state index in [1.807, 2.05) is 0 Å². The number of hydrogen-bond donors (Lipinski definition) is 2. The Balaban J connectivity index is 2.27. The number of carbonyl (C=O) groups excluding carboxylic acids is 3. The van der Waals surface area contributed by atoms with Crippen LogP contribution in [-0.2, 0) is 19.1 Å². The number of piperazine rings is 1. The predicted octanol–water partition coefficient (Wildman–Crippen LogP) is 5.12. The number of unbranched alkanes of at least 4 members (excludes halogenated alkanes) is 14. The normalized spacial score (nSPS) is 15.8. The first-order valence-electron chi connectivity index (χ1n) is 14.5. The van der Waals surface area contributed by atoms with Gasteiger partial charge in [0.2, 0.25) is 11.8 Å². The lowest BCUT2D eigenvalue weighted by atomic mass is 10.1. The molecule has 1 aliphatic rings. The summed E-state index contributed by atoms with van der Waals surface area (Å²) in [4.78, 5) is 37.9. The molecule has 0 aromatic rings. The number of rotatable bonds is 23. The molecule has 0 aliphatic carbocycles. The molecule has 35 heavy (non-hydrogen) atoms. The maximum Gasteiger partial charge on any atom is 0.308 e. The Kier molecular flexibility index (Phi) is 19.4. The van der Waals surface area contributed by atoms with Crippen LogP contribution in [0.5, 0.6) is 0 Å². The van der Waals surface area contributed by atoms with Crippen LogP contribution < -0.4 is 10.6 Å². The molecule has 1 fully saturated rings. The van der Waals surface area contributed by atoms with Crippen LogP contribution in [0.1, 0.15) is 123 Å². The quantitative estimate of drug-likeness (QED) is 0.152. The summed E-state index contributed by atoms with van der Waals surface area (Å²) in [5, 5.41) is 5.04. The molecule has 0 aromatic carbocycles. The molecule has 0 spiro atoms. The van der Waals surface area contributed by atoms with E-state index in [1.54, 1.807) is 0 Å². The number of nitrogens with one attached hydrogen (secondary N) is 2. The van der Waals surface area contributed by atoms with Crippen molar-refractivity contribution in [3.8, 4) is 0 Å². The van der Waals surface area contributed by atoms with Gasteiger partial charge in [-0.2, -0.15) is 0 Å². The van der Waals surface area contributed by atoms with E-state index < -0.39 is 12.0 Å². The number of esters is 1. The molecule has 0 bridgehead atoms. The molecule has 2 N–H and O–H groups in total. The lowest BCUT2D eigenvalue weighted by Gasteiger charge is -2.24. The molecule has 2 amide bonds. The van der Waals surface area contributed by atoms with E-state index >= 15 is 0 Å². The average molecular weight is 496 g/mol. The van der Waals surface area contributed by atoms with Crippen LogP contribution in [0.15, 0.2) is 0 Å². The fourth-order valence-corrected chi connectivity index (χ4v) is 4.53. The van der Waals surface area contributed by atoms with Crippen molar-refractivity contribution in [1.82, 2.24) is 15.5 Å². The van der Waals surface area contributed by atoms with Crippen molar-refractivity contribution in [3.63, 3.8) is 0 Å². The van der Waals surface area contributed by atoms with Crippen molar-refractivity contribution in [2.24, 2.45) is 0 Å². The van der Waals surface area contributed by atoms with Gasteiger partial charge in [0.15, 0.2) is 0 Å². The summed E-state index contributed by atoms with van der Waals surface area (Å²) in [5.74, 6) is -1.04. The Labute approximate surface area is 214 Å². The van der Waals surface area contributed by atoms with E-state index in [1.165, 1.54) is 103 Å². The van der Waals surface area contributed by atoms with Crippen molar-refractivity contribution in [2.45, 2.75) is 129 Å². The maximum absolute atomic E-state index is 12.2. The highest BCUT2D eigenvalue weighted by molar-refractivity contribution is 5.96. The second-order valence-corrected chi connectivity index (χ2v) is 10.1. The zero-order valence-electron chi connectivity index (χ0n) is 22.7. The maximum atomic E-state index is 12.2. The third kappa shape index (κ3) is 17.4. The van der Waals surface area contributed by atoms with E-state index in [-0.39, 0.29) is 24.8 Å². The van der Waals surface area contributed by atoms with E-state index in [9.17, 15) is 14.4 Å². The van der Waals surface area contributed by atoms with Gasteiger partial charge in [-0.1, -0.05) is 104 Å². The number of carbonyl (C=O) groups is 3. The molecule has 7 heteroatoms. The van der Waals surface area contributed by atoms with Gasteiger partial charge in [0.1, 0.15) is 12.6 Å². The molecule has 0 unspecified atom stereocenters. The third-order valence-corrected chi connectivity index (χ3v) is 6.77. The van der Waals surface area contributed by atoms with Gasteiger partial charge < -0.3 is 15.4 Å². The molecule has 1 saturated heterocycles. The zero-order valence-corrected chi connectivity index (χ0v) is 22.7. The highest BCUT2D eigenvalue weighted by Crippen LogP contribution is 2.11. The highest BCUT2D eigenvalue weighted by atomic mass is 16.5. The van der Waals surface area contributed by atoms with Crippen LogP contribution in [0.4, 0.5) is 0 Å². The topological polar surface area (TPSA) is 87.7 Å². The number of nitrogens with zero attached hydrogens (tertiary/aromatic N) is 1. The molecule has 1 atom stereocenters. The summed E-state index contributed by atoms with van der Waals surface area (Å²) in [6.45, 7) is 7.62. The van der Waals surface area contributed by atoms with Crippen LogP contribution in [0.2, 0.25) is 0 Å². The Morgan fingerprint density at radius 3 is 1.77 bits per heavy atom. The first-order valence-corrected chi connectivity index (χ1v) is 14.5. The van der Waals surface area contributed by atoms with Gasteiger partial charge in [0.05, 0.1) is 13.0 Å². The largest absolute Gasteiger partial charge is 0.464 e. The fraction of sp³-hybridized carbons (Fsp3) is 0.893. The van der Waals surface area contributed by atoms with E-state index in [2.05, 4.69) is 29.4 Å². The predicted molar refractivity (Wildman–Crippen MR) is 142 cm³/mol. The molecule has 7 nitrogen and oxygen atoms in total. The van der Waals surface area contributed by atoms with E-state index in [4.69, 9.17) is 4.74 Å². The van der Waals surface area contributed by atoms with Gasteiger partial charge in [-0.25, -0.2) is 0 Å². The van der Waals surface area contributed by atoms with Gasteiger partial charge in [-0.3, -0.25) is 19.3 Å². The van der Waals surface area contributed by atoms with Gasteiger partial charge in [-0.05, 0) is 25.9 Å². The molecule has 1 heterocycles. The zero-order chi connectivity index (χ0) is 25.6. The summed E-state index contributed by atoms with van der Waals surface area (Å²) < 4.78 is 5.41. The Bertz CT molecular complexity index is 550. The second-order valence-electron chi connectivity index (χ2n) is 10.1. The van der Waals surface area contributed by atoms with Crippen LogP contribution in [0, 0.1) is 0 Å². The van der Waals surface area contributed by atoms with Crippen LogP contribution in [-0.4, -0.2) is 61.5 Å². The standard InChI is InChI=1S/C28H53N3O4/c1-3-5-7-9-11-13-15-17-19-31(20-18-16-14-12-10-8-6-4-2)21-22-35-27(33)23-25-28(34)29-24-26(32)30-25/h25H,3-24H2,1-2H3,(H,29,34)(H,30,32)/t25-/m0/s1. The number of hydrogen-bond acceptors (Lipinski definition) is 5. The average Bonchev–Trinajstić information content (AvgIpc) is 2.84. The van der Waals surface area contributed by atoms with Crippen molar-refractivity contribution < 1.29 is 19.1 Å². The van der Waals surface area contributed by atoms with Crippen molar-refractivity contribution in [3.05, 3.63) is 0 Å². The molecular formula is C28H53N3O4. The Morgan fingerprint density at radius 2 is 1.26 bits per heavy atom. The molecule has 1 rings (SSSR count). The van der Waals surface area contributed by atoms with Crippen LogP contribution >= 0.6 is 0 Å². The molecule has 0 saturated carbocycles. The SMILES string of the molecule is CCCCCCCCCCN(CCCCCCCCCC)CCOC(=O)C[C@@H]1NC(=O)CNC1=O. The van der Waals surface area contributed by atoms with E-state index in [0.29, 0.717) is 6.61 Å². The summed E-state index contributed by atoms with van der Waals surface area (Å²) in [6, 6.07) is -0.825. The van der Waals surface area contributed by atoms with E-state index in [0.717, 1.165) is 19.6 Å². The number of ether oxygens (including phenoxy) is 1. The minimum absolute atomic E-state index is 0.0309. The Hall–Kier alpha value is -1.63. The van der Waals surface area contributed by atoms with Gasteiger partial charge in [0.25, 0.3) is 0 Å². The number of amides is 2. The first-order chi connectivity index (χ1) is 17.1. The summed E-state index contributed by atoms with van der Waals surface area (Å²) in [6.07, 6.45) is 20.8. The Morgan fingerprint density at radius 1 is 0.771 bits per heavy atom. The summed E-state index contributed by atoms with van der Waals surface area (Å²) in [7, 11) is 0. The minimum Gasteiger partial charge on any atom is -0.464 e. The first kappa shape index (κ1) is 31.4. The molecule has 0 aromatic heterocycles. The lowest BCUT2D eigenvalue weighted by Crippen LogP contribution is -2.56. The second kappa shape index (κ2) is 21.6. The van der Waals surface area contributed by atoms with Crippen LogP contribution in [0.3, 0.4) is 0 Å². The summed E-state index contributed by atoms with van der Waals surface area (Å²) in [5.41, 5.74) is 0. The molecule has 204 valence electrons. The highest BCUT2D eigenvalue weighted by Gasteiger charge is 2.28. The van der Waals surface area contributed by atoms with Crippen molar-refractivity contribution >= 4 is 17.8 Å². The molecule has 0 radical (unpaired) electrons. The monoisotopic (exact) mass is 495 g/mol. The smallest absolute Gasteiger partial charge is 0.308 e. The lowest BCUT2D eigenvalue weighted by molar-refractivity contribution is -0.147. The summed E-state index contributed by atoms with van der Waals surface area (Å²) >= 11 is 0. The van der Waals surface area contributed by atoms with Crippen molar-refractivity contribution in [2.75, 3.05) is 32.8 Å². The van der Waals surface area contributed by atoms with Gasteiger partial charge >= 0.3 is 5.97 Å². The molecular weight excluding hydrogens is 442 g/mol.